The molecule has 2 aromatic rings. The first-order valence-corrected chi connectivity index (χ1v) is 7.49. The number of rotatable bonds is 5. The molecule has 2 N–H and O–H groups in total. The van der Waals surface area contributed by atoms with Crippen molar-refractivity contribution in [3.05, 3.63) is 46.4 Å². The van der Waals surface area contributed by atoms with Crippen LogP contribution in [0.1, 0.15) is 42.9 Å². The van der Waals surface area contributed by atoms with Gasteiger partial charge in [-0.3, -0.25) is 4.98 Å². The second-order valence-corrected chi connectivity index (χ2v) is 5.74. The summed E-state index contributed by atoms with van der Waals surface area (Å²) in [5.74, 6) is 0. The zero-order valence-electron chi connectivity index (χ0n) is 11.7. The van der Waals surface area contributed by atoms with Crippen molar-refractivity contribution < 1.29 is 0 Å². The van der Waals surface area contributed by atoms with Gasteiger partial charge in [0.15, 0.2) is 0 Å². The van der Waals surface area contributed by atoms with Crippen LogP contribution in [-0.4, -0.2) is 12.0 Å². The van der Waals surface area contributed by atoms with Crippen molar-refractivity contribution in [1.82, 2.24) is 4.98 Å². The minimum absolute atomic E-state index is 0.0362. The Labute approximate surface area is 119 Å². The Morgan fingerprint density at radius 2 is 2.16 bits per heavy atom. The lowest BCUT2D eigenvalue weighted by molar-refractivity contribution is 0.673. The van der Waals surface area contributed by atoms with Crippen molar-refractivity contribution in [1.29, 1.82) is 0 Å². The summed E-state index contributed by atoms with van der Waals surface area (Å²) >= 11 is 1.78. The number of nitrogens with zero attached hydrogens (tertiary/aromatic N) is 2. The molecule has 0 fully saturated rings. The normalized spacial score (nSPS) is 14.1. The highest BCUT2D eigenvalue weighted by atomic mass is 32.1. The molecule has 0 spiro atoms. The third-order valence-electron chi connectivity index (χ3n) is 3.53. The SMILES string of the molecule is CC[C@@H](N)c1ccc(N(C)C(C)c2cccs2)cn1. The topological polar surface area (TPSA) is 42.1 Å². The third-order valence-corrected chi connectivity index (χ3v) is 4.58. The maximum Gasteiger partial charge on any atom is 0.0604 e. The predicted octanol–water partition coefficient (Wildman–Crippen LogP) is 3.75. The van der Waals surface area contributed by atoms with Gasteiger partial charge in [-0.2, -0.15) is 0 Å². The van der Waals surface area contributed by atoms with E-state index < -0.39 is 0 Å². The van der Waals surface area contributed by atoms with E-state index in [4.69, 9.17) is 5.73 Å². The van der Waals surface area contributed by atoms with Gasteiger partial charge < -0.3 is 10.6 Å². The van der Waals surface area contributed by atoms with Gasteiger partial charge in [0.25, 0.3) is 0 Å². The molecule has 0 saturated heterocycles. The molecule has 0 aromatic carbocycles. The molecule has 2 atom stereocenters. The summed E-state index contributed by atoms with van der Waals surface area (Å²) in [5.41, 5.74) is 8.06. The standard InChI is InChI=1S/C15H21N3S/c1-4-13(16)14-8-7-12(10-17-14)18(3)11(2)15-6-5-9-19-15/h5-11,13H,4,16H2,1-3H3/t11?,13-/m1/s1. The van der Waals surface area contributed by atoms with Crippen LogP contribution in [-0.2, 0) is 0 Å². The Morgan fingerprint density at radius 1 is 1.37 bits per heavy atom. The molecule has 2 heterocycles. The maximum atomic E-state index is 5.98. The highest BCUT2D eigenvalue weighted by molar-refractivity contribution is 7.10. The first-order chi connectivity index (χ1) is 9.13. The van der Waals surface area contributed by atoms with Crippen molar-refractivity contribution in [3.63, 3.8) is 0 Å². The lowest BCUT2D eigenvalue weighted by atomic mass is 10.1. The molecule has 0 aliphatic rings. The molecule has 2 rings (SSSR count). The first-order valence-electron chi connectivity index (χ1n) is 6.61. The van der Waals surface area contributed by atoms with E-state index in [2.05, 4.69) is 54.4 Å². The summed E-state index contributed by atoms with van der Waals surface area (Å²) in [4.78, 5) is 8.07. The van der Waals surface area contributed by atoms with Gasteiger partial charge in [-0.15, -0.1) is 11.3 Å². The molecular formula is C15H21N3S. The van der Waals surface area contributed by atoms with E-state index in [1.54, 1.807) is 11.3 Å². The van der Waals surface area contributed by atoms with Gasteiger partial charge in [0, 0.05) is 18.0 Å². The molecule has 0 bridgehead atoms. The summed E-state index contributed by atoms with van der Waals surface area (Å²) < 4.78 is 0. The fourth-order valence-electron chi connectivity index (χ4n) is 1.98. The van der Waals surface area contributed by atoms with Gasteiger partial charge in [-0.1, -0.05) is 13.0 Å². The van der Waals surface area contributed by atoms with E-state index in [0.717, 1.165) is 17.8 Å². The van der Waals surface area contributed by atoms with Gasteiger partial charge in [0.2, 0.25) is 0 Å². The Kier molecular flexibility index (Phi) is 4.56. The van der Waals surface area contributed by atoms with Crippen molar-refractivity contribution >= 4 is 17.0 Å². The van der Waals surface area contributed by atoms with Crippen LogP contribution in [0, 0.1) is 0 Å². The van der Waals surface area contributed by atoms with E-state index >= 15 is 0 Å². The average molecular weight is 275 g/mol. The fourth-order valence-corrected chi connectivity index (χ4v) is 2.80. The number of nitrogens with two attached hydrogens (primary N) is 1. The Hall–Kier alpha value is -1.39. The zero-order valence-corrected chi connectivity index (χ0v) is 12.5. The molecule has 0 radical (unpaired) electrons. The smallest absolute Gasteiger partial charge is 0.0604 e. The number of hydrogen-bond donors (Lipinski definition) is 1. The van der Waals surface area contributed by atoms with Crippen LogP contribution in [0.5, 0.6) is 0 Å². The van der Waals surface area contributed by atoms with Gasteiger partial charge in [-0.25, -0.2) is 0 Å². The van der Waals surface area contributed by atoms with E-state index in [1.165, 1.54) is 4.88 Å². The van der Waals surface area contributed by atoms with Gasteiger partial charge in [0.05, 0.1) is 23.6 Å². The summed E-state index contributed by atoms with van der Waals surface area (Å²) in [5, 5.41) is 2.11. The molecule has 0 aliphatic carbocycles. The highest BCUT2D eigenvalue weighted by Gasteiger charge is 2.14. The Balaban J connectivity index is 2.13. The second-order valence-electron chi connectivity index (χ2n) is 4.76. The van der Waals surface area contributed by atoms with Crippen molar-refractivity contribution in [2.75, 3.05) is 11.9 Å². The van der Waals surface area contributed by atoms with Gasteiger partial charge >= 0.3 is 0 Å². The summed E-state index contributed by atoms with van der Waals surface area (Å²) in [7, 11) is 2.10. The fraction of sp³-hybridized carbons (Fsp3) is 0.400. The Morgan fingerprint density at radius 3 is 2.68 bits per heavy atom. The lowest BCUT2D eigenvalue weighted by Crippen LogP contribution is -2.21. The van der Waals surface area contributed by atoms with Crippen LogP contribution in [0.25, 0.3) is 0 Å². The highest BCUT2D eigenvalue weighted by Crippen LogP contribution is 2.28. The third kappa shape index (κ3) is 3.14. The van der Waals surface area contributed by atoms with Crippen molar-refractivity contribution in [2.45, 2.75) is 32.4 Å². The van der Waals surface area contributed by atoms with Crippen molar-refractivity contribution in [2.24, 2.45) is 5.73 Å². The van der Waals surface area contributed by atoms with Crippen LogP contribution in [0.2, 0.25) is 0 Å². The number of hydrogen-bond acceptors (Lipinski definition) is 4. The second kappa shape index (κ2) is 6.17. The van der Waals surface area contributed by atoms with Gasteiger partial charge in [0.1, 0.15) is 0 Å². The molecule has 3 nitrogen and oxygen atoms in total. The van der Waals surface area contributed by atoms with Crippen LogP contribution >= 0.6 is 11.3 Å². The molecule has 102 valence electrons. The molecule has 19 heavy (non-hydrogen) atoms. The van der Waals surface area contributed by atoms with Crippen LogP contribution < -0.4 is 10.6 Å². The minimum atomic E-state index is 0.0362. The summed E-state index contributed by atoms with van der Waals surface area (Å²) in [6.07, 6.45) is 2.82. The zero-order chi connectivity index (χ0) is 13.8. The van der Waals surface area contributed by atoms with E-state index in [9.17, 15) is 0 Å². The van der Waals surface area contributed by atoms with Crippen LogP contribution in [0.15, 0.2) is 35.8 Å². The number of pyridine rings is 1. The predicted molar refractivity (Wildman–Crippen MR) is 82.6 cm³/mol. The summed E-state index contributed by atoms with van der Waals surface area (Å²) in [6.45, 7) is 4.28. The lowest BCUT2D eigenvalue weighted by Gasteiger charge is -2.26. The van der Waals surface area contributed by atoms with E-state index in [-0.39, 0.29) is 6.04 Å². The average Bonchev–Trinajstić information content (AvgIpc) is 2.99. The number of anilines is 1. The maximum absolute atomic E-state index is 5.98. The molecule has 1 unspecified atom stereocenters. The minimum Gasteiger partial charge on any atom is -0.366 e. The molecular weight excluding hydrogens is 254 g/mol. The Bertz CT molecular complexity index is 493. The molecule has 0 aliphatic heterocycles. The monoisotopic (exact) mass is 275 g/mol. The van der Waals surface area contributed by atoms with Crippen LogP contribution in [0.3, 0.4) is 0 Å². The first kappa shape index (κ1) is 14.0. The molecule has 0 saturated carbocycles. The van der Waals surface area contributed by atoms with Gasteiger partial charge in [-0.05, 0) is 36.9 Å². The van der Waals surface area contributed by atoms with Crippen LogP contribution in [0.4, 0.5) is 5.69 Å². The molecule has 2 aromatic heterocycles. The quantitative estimate of drug-likeness (QED) is 0.903. The largest absolute Gasteiger partial charge is 0.366 e. The molecule has 4 heteroatoms. The molecule has 0 amide bonds. The van der Waals surface area contributed by atoms with E-state index in [0.29, 0.717) is 6.04 Å². The van der Waals surface area contributed by atoms with Crippen molar-refractivity contribution in [3.8, 4) is 0 Å². The van der Waals surface area contributed by atoms with E-state index in [1.807, 2.05) is 12.3 Å². The summed E-state index contributed by atoms with van der Waals surface area (Å²) in [6, 6.07) is 8.77. The number of thiophene rings is 1. The number of aromatic nitrogens is 1.